The van der Waals surface area contributed by atoms with Crippen molar-refractivity contribution in [2.75, 3.05) is 51.3 Å². The second kappa shape index (κ2) is 13.1. The van der Waals surface area contributed by atoms with Crippen molar-refractivity contribution in [3.8, 4) is 5.75 Å². The van der Waals surface area contributed by atoms with Gasteiger partial charge in [0.1, 0.15) is 17.4 Å². The molecule has 3 aliphatic rings. The zero-order valence-electron chi connectivity index (χ0n) is 28.7. The van der Waals surface area contributed by atoms with Crippen LogP contribution < -0.4 is 15.3 Å². The van der Waals surface area contributed by atoms with E-state index in [-0.39, 0.29) is 43.9 Å². The number of piperazine rings is 1. The number of carbonyl (C=O) groups is 3. The maximum absolute atomic E-state index is 15.4. The fourth-order valence-electron chi connectivity index (χ4n) is 7.25. The first-order valence-electron chi connectivity index (χ1n) is 16.7. The Kier molecular flexibility index (Phi) is 9.20. The Labute approximate surface area is 283 Å². The summed E-state index contributed by atoms with van der Waals surface area (Å²) in [5.74, 6) is -3.16. The minimum absolute atomic E-state index is 0.0896. The summed E-state index contributed by atoms with van der Waals surface area (Å²) >= 11 is 0. The Hall–Kier alpha value is -4.46. The fourth-order valence-corrected chi connectivity index (χ4v) is 7.25. The van der Waals surface area contributed by atoms with Crippen molar-refractivity contribution in [3.05, 3.63) is 58.5 Å². The molecule has 0 spiro atoms. The molecule has 0 N–H and O–H groups in total. The van der Waals surface area contributed by atoms with Crippen molar-refractivity contribution in [1.29, 1.82) is 0 Å². The van der Waals surface area contributed by atoms with Crippen LogP contribution in [-0.4, -0.2) is 106 Å². The van der Waals surface area contributed by atoms with E-state index >= 15 is 8.78 Å². The fraction of sp³-hybridized carbons (Fsp3) is 0.543. The standard InChI is InChI=1S/C35H44F2N6O6/c1-34(2,3)49-33(47)41-16-15-28(35(36,37)22-41)40-19-17-39(18-20-40)25-7-6-8-26-30(25)38(4)32(46)43(26)27-13-14-29(44)42(31(27)45)21-23-9-11-24(48-5)12-10-23/h6-12,27-28H,13-22H2,1-5H3/t27?,28-/m1/s1. The number of ether oxygens (including phenoxy) is 2. The van der Waals surface area contributed by atoms with Gasteiger partial charge in [0.2, 0.25) is 5.91 Å². The molecule has 12 nitrogen and oxygen atoms in total. The number of aromatic nitrogens is 2. The number of fused-ring (bicyclic) bond motifs is 1. The Bertz CT molecular complexity index is 1790. The predicted molar refractivity (Wildman–Crippen MR) is 179 cm³/mol. The average molecular weight is 683 g/mol. The summed E-state index contributed by atoms with van der Waals surface area (Å²) in [4.78, 5) is 59.2. The number of para-hydroxylation sites is 1. The Morgan fingerprint density at radius 2 is 1.65 bits per heavy atom. The van der Waals surface area contributed by atoms with Gasteiger partial charge in [-0.2, -0.15) is 0 Å². The van der Waals surface area contributed by atoms with Crippen molar-refractivity contribution >= 4 is 34.6 Å². The third kappa shape index (κ3) is 6.75. The van der Waals surface area contributed by atoms with Crippen LogP contribution in [0.15, 0.2) is 47.3 Å². The van der Waals surface area contributed by atoms with E-state index in [0.29, 0.717) is 43.0 Å². The van der Waals surface area contributed by atoms with Crippen molar-refractivity contribution in [3.63, 3.8) is 0 Å². The first-order valence-corrected chi connectivity index (χ1v) is 16.7. The Balaban J connectivity index is 1.18. The van der Waals surface area contributed by atoms with Crippen LogP contribution in [0.4, 0.5) is 19.3 Å². The van der Waals surface area contributed by atoms with Gasteiger partial charge in [-0.1, -0.05) is 18.2 Å². The zero-order valence-corrected chi connectivity index (χ0v) is 28.7. The number of methoxy groups -OCH3 is 1. The summed E-state index contributed by atoms with van der Waals surface area (Å²) in [6, 6.07) is 10.8. The highest BCUT2D eigenvalue weighted by atomic mass is 19.3. The van der Waals surface area contributed by atoms with E-state index in [0.717, 1.165) is 16.2 Å². The molecular weight excluding hydrogens is 638 g/mol. The van der Waals surface area contributed by atoms with E-state index in [4.69, 9.17) is 9.47 Å². The third-order valence-electron chi connectivity index (χ3n) is 9.69. The molecule has 3 amide bonds. The zero-order chi connectivity index (χ0) is 35.2. The lowest BCUT2D eigenvalue weighted by molar-refractivity contribution is -0.151. The summed E-state index contributed by atoms with van der Waals surface area (Å²) in [6.07, 6.45) is -0.266. The lowest BCUT2D eigenvalue weighted by atomic mass is 9.98. The number of imide groups is 1. The lowest BCUT2D eigenvalue weighted by Crippen LogP contribution is -2.62. The number of rotatable bonds is 6. The maximum Gasteiger partial charge on any atom is 0.410 e. The Morgan fingerprint density at radius 1 is 0.959 bits per heavy atom. The number of alkyl halides is 2. The van der Waals surface area contributed by atoms with Gasteiger partial charge in [0.15, 0.2) is 0 Å². The molecule has 14 heteroatoms. The molecule has 3 aliphatic heterocycles. The molecule has 3 aromatic rings. The minimum Gasteiger partial charge on any atom is -0.497 e. The molecule has 0 saturated carbocycles. The molecule has 1 aromatic heterocycles. The number of hydrogen-bond acceptors (Lipinski definition) is 8. The van der Waals surface area contributed by atoms with Gasteiger partial charge in [0.25, 0.3) is 11.8 Å². The van der Waals surface area contributed by atoms with Crippen LogP contribution in [0.3, 0.4) is 0 Å². The summed E-state index contributed by atoms with van der Waals surface area (Å²) < 4.78 is 44.4. The molecule has 1 unspecified atom stereocenters. The van der Waals surface area contributed by atoms with E-state index < -0.39 is 42.2 Å². The number of hydrogen-bond donors (Lipinski definition) is 0. The van der Waals surface area contributed by atoms with Gasteiger partial charge < -0.3 is 19.3 Å². The van der Waals surface area contributed by atoms with Gasteiger partial charge in [-0.25, -0.2) is 18.4 Å². The second-order valence-electron chi connectivity index (χ2n) is 14.1. The largest absolute Gasteiger partial charge is 0.497 e. The van der Waals surface area contributed by atoms with Crippen molar-refractivity contribution in [1.82, 2.24) is 23.8 Å². The molecule has 2 aromatic carbocycles. The number of likely N-dealkylation sites (tertiary alicyclic amines) is 2. The van der Waals surface area contributed by atoms with Crippen LogP contribution in [0.2, 0.25) is 0 Å². The van der Waals surface area contributed by atoms with Crippen LogP contribution in [0.1, 0.15) is 51.6 Å². The maximum atomic E-state index is 15.4. The van der Waals surface area contributed by atoms with Gasteiger partial charge in [0, 0.05) is 46.2 Å². The number of aryl methyl sites for hydroxylation is 1. The van der Waals surface area contributed by atoms with E-state index in [1.54, 1.807) is 70.2 Å². The quantitative estimate of drug-likeness (QED) is 0.359. The van der Waals surface area contributed by atoms with Crippen molar-refractivity contribution in [2.45, 2.75) is 70.2 Å². The molecule has 2 atom stereocenters. The highest BCUT2D eigenvalue weighted by Crippen LogP contribution is 2.35. The van der Waals surface area contributed by atoms with Gasteiger partial charge in [-0.05, 0) is 63.4 Å². The molecule has 6 rings (SSSR count). The molecule has 49 heavy (non-hydrogen) atoms. The third-order valence-corrected chi connectivity index (χ3v) is 9.69. The first-order chi connectivity index (χ1) is 23.2. The van der Waals surface area contributed by atoms with E-state index in [2.05, 4.69) is 4.90 Å². The number of piperidine rings is 2. The molecule has 0 radical (unpaired) electrons. The summed E-state index contributed by atoms with van der Waals surface area (Å²) in [5, 5.41) is 0. The summed E-state index contributed by atoms with van der Waals surface area (Å²) in [7, 11) is 3.22. The number of imidazole rings is 1. The normalized spacial score (nSPS) is 22.1. The van der Waals surface area contributed by atoms with Gasteiger partial charge in [0.05, 0.1) is 43.0 Å². The van der Waals surface area contributed by atoms with Crippen LogP contribution >= 0.6 is 0 Å². The summed E-state index contributed by atoms with van der Waals surface area (Å²) in [5.41, 5.74) is 1.62. The molecule has 0 aliphatic carbocycles. The predicted octanol–water partition coefficient (Wildman–Crippen LogP) is 4.01. The molecular formula is C35H44F2N6O6. The number of amides is 3. The monoisotopic (exact) mass is 682 g/mol. The molecule has 264 valence electrons. The smallest absolute Gasteiger partial charge is 0.410 e. The topological polar surface area (TPSA) is 110 Å². The van der Waals surface area contributed by atoms with Crippen LogP contribution in [0.25, 0.3) is 11.0 Å². The van der Waals surface area contributed by atoms with E-state index in [9.17, 15) is 19.2 Å². The molecule has 0 bridgehead atoms. The average Bonchev–Trinajstić information content (AvgIpc) is 3.31. The number of nitrogens with zero attached hydrogens (tertiary/aromatic N) is 6. The molecule has 3 fully saturated rings. The first kappa shape index (κ1) is 34.4. The van der Waals surface area contributed by atoms with Gasteiger partial charge >= 0.3 is 11.8 Å². The lowest BCUT2D eigenvalue weighted by Gasteiger charge is -2.46. The molecule has 3 saturated heterocycles. The highest BCUT2D eigenvalue weighted by Gasteiger charge is 2.49. The molecule has 4 heterocycles. The van der Waals surface area contributed by atoms with Crippen LogP contribution in [0, 0.1) is 0 Å². The number of carbonyl (C=O) groups excluding carboxylic acids is 3. The van der Waals surface area contributed by atoms with Gasteiger partial charge in [-0.15, -0.1) is 0 Å². The highest BCUT2D eigenvalue weighted by molar-refractivity contribution is 6.00. The number of halogens is 2. The van der Waals surface area contributed by atoms with Crippen molar-refractivity contribution in [2.24, 2.45) is 7.05 Å². The minimum atomic E-state index is -3.10. The summed E-state index contributed by atoms with van der Waals surface area (Å²) in [6.45, 7) is 6.37. The SMILES string of the molecule is COc1ccc(CN2C(=O)CCC(n3c(=O)n(C)c4c(N5CCN([C@@H]6CCN(C(=O)OC(C)(C)C)CC6(F)F)CC5)cccc43)C2=O)cc1. The van der Waals surface area contributed by atoms with Crippen molar-refractivity contribution < 1.29 is 32.6 Å². The van der Waals surface area contributed by atoms with Crippen LogP contribution in [0.5, 0.6) is 5.75 Å². The second-order valence-corrected chi connectivity index (χ2v) is 14.1. The Morgan fingerprint density at radius 3 is 2.29 bits per heavy atom. The number of benzene rings is 2. The van der Waals surface area contributed by atoms with E-state index in [1.807, 2.05) is 12.1 Å². The number of anilines is 1. The van der Waals surface area contributed by atoms with Gasteiger partial charge in [-0.3, -0.25) is 28.5 Å². The van der Waals surface area contributed by atoms with E-state index in [1.165, 1.54) is 14.0 Å². The van der Waals surface area contributed by atoms with Crippen LogP contribution in [-0.2, 0) is 27.9 Å².